The Morgan fingerprint density at radius 2 is 2.09 bits per heavy atom. The normalized spacial score (nSPS) is 24.0. The Hall–Kier alpha value is -1.84. The quantitative estimate of drug-likeness (QED) is 0.913. The Kier molecular flexibility index (Phi) is 4.19. The molecule has 1 aromatic rings. The Balaban J connectivity index is 1.70. The van der Waals surface area contributed by atoms with Gasteiger partial charge in [0, 0.05) is 30.8 Å². The maximum Gasteiger partial charge on any atom is 0.251 e. The van der Waals surface area contributed by atoms with Crippen LogP contribution in [0.5, 0.6) is 0 Å². The van der Waals surface area contributed by atoms with E-state index in [9.17, 15) is 9.59 Å². The van der Waals surface area contributed by atoms with Crippen molar-refractivity contribution in [2.24, 2.45) is 5.92 Å². The largest absolute Gasteiger partial charge is 0.349 e. The molecule has 0 spiro atoms. The molecule has 0 radical (unpaired) electrons. The van der Waals surface area contributed by atoms with Gasteiger partial charge < -0.3 is 10.2 Å². The molecule has 1 fully saturated rings. The monoisotopic (exact) mass is 300 g/mol. The van der Waals surface area contributed by atoms with E-state index in [1.54, 1.807) is 11.8 Å². The molecule has 3 rings (SSSR count). The smallest absolute Gasteiger partial charge is 0.251 e. The van der Waals surface area contributed by atoms with Crippen LogP contribution < -0.4 is 10.2 Å². The number of carbonyl (C=O) groups is 2. The van der Waals surface area contributed by atoms with E-state index >= 15 is 0 Å². The van der Waals surface area contributed by atoms with E-state index in [2.05, 4.69) is 12.2 Å². The van der Waals surface area contributed by atoms with Crippen molar-refractivity contribution < 1.29 is 9.59 Å². The molecule has 0 aromatic heterocycles. The fourth-order valence-corrected chi connectivity index (χ4v) is 3.70. The molecule has 1 aliphatic carbocycles. The SMILES string of the molecule is CC(=O)N1CCc2cc(C(=O)NC3CCCC(C)C3)ccc21. The van der Waals surface area contributed by atoms with Gasteiger partial charge >= 0.3 is 0 Å². The molecule has 22 heavy (non-hydrogen) atoms. The van der Waals surface area contributed by atoms with E-state index in [1.807, 2.05) is 18.2 Å². The number of anilines is 1. The number of nitrogens with one attached hydrogen (secondary N) is 1. The van der Waals surface area contributed by atoms with Crippen molar-refractivity contribution in [3.63, 3.8) is 0 Å². The first-order chi connectivity index (χ1) is 10.5. The van der Waals surface area contributed by atoms with Crippen LogP contribution in [0.1, 0.15) is 55.5 Å². The molecule has 118 valence electrons. The first-order valence-electron chi connectivity index (χ1n) is 8.26. The molecule has 1 aliphatic heterocycles. The maximum absolute atomic E-state index is 12.4. The lowest BCUT2D eigenvalue weighted by Crippen LogP contribution is -2.38. The molecule has 4 heteroatoms. The molecule has 1 heterocycles. The number of nitrogens with zero attached hydrogens (tertiary/aromatic N) is 1. The summed E-state index contributed by atoms with van der Waals surface area (Å²) >= 11 is 0. The van der Waals surface area contributed by atoms with Gasteiger partial charge in [0.05, 0.1) is 0 Å². The lowest BCUT2D eigenvalue weighted by Gasteiger charge is -2.27. The third-order valence-electron chi connectivity index (χ3n) is 4.89. The van der Waals surface area contributed by atoms with Crippen LogP contribution in [0.4, 0.5) is 5.69 Å². The number of rotatable bonds is 2. The average molecular weight is 300 g/mol. The zero-order chi connectivity index (χ0) is 15.7. The molecule has 1 N–H and O–H groups in total. The molecule has 0 bridgehead atoms. The van der Waals surface area contributed by atoms with Crippen LogP contribution in [0, 0.1) is 5.92 Å². The first-order valence-corrected chi connectivity index (χ1v) is 8.26. The zero-order valence-electron chi connectivity index (χ0n) is 13.4. The van der Waals surface area contributed by atoms with Crippen LogP contribution in [-0.2, 0) is 11.2 Å². The highest BCUT2D eigenvalue weighted by Crippen LogP contribution is 2.29. The van der Waals surface area contributed by atoms with Crippen molar-refractivity contribution in [2.45, 2.75) is 52.0 Å². The minimum absolute atomic E-state index is 0.0168. The molecular formula is C18H24N2O2. The number of amides is 2. The van der Waals surface area contributed by atoms with Crippen LogP contribution in [0.3, 0.4) is 0 Å². The van der Waals surface area contributed by atoms with Gasteiger partial charge in [-0.05, 0) is 48.9 Å². The third-order valence-corrected chi connectivity index (χ3v) is 4.89. The summed E-state index contributed by atoms with van der Waals surface area (Å²) in [5.41, 5.74) is 2.76. The van der Waals surface area contributed by atoms with E-state index < -0.39 is 0 Å². The van der Waals surface area contributed by atoms with E-state index in [4.69, 9.17) is 0 Å². The Morgan fingerprint density at radius 3 is 2.82 bits per heavy atom. The second-order valence-corrected chi connectivity index (χ2v) is 6.71. The summed E-state index contributed by atoms with van der Waals surface area (Å²) in [5.74, 6) is 0.776. The van der Waals surface area contributed by atoms with E-state index in [-0.39, 0.29) is 11.8 Å². The highest BCUT2D eigenvalue weighted by Gasteiger charge is 2.24. The van der Waals surface area contributed by atoms with Gasteiger partial charge in [-0.25, -0.2) is 0 Å². The molecular weight excluding hydrogens is 276 g/mol. The predicted molar refractivity (Wildman–Crippen MR) is 87.1 cm³/mol. The van der Waals surface area contributed by atoms with Crippen molar-refractivity contribution in [3.8, 4) is 0 Å². The van der Waals surface area contributed by atoms with Gasteiger partial charge in [-0.1, -0.05) is 19.8 Å². The number of carbonyl (C=O) groups excluding carboxylic acids is 2. The van der Waals surface area contributed by atoms with Crippen LogP contribution in [-0.4, -0.2) is 24.4 Å². The molecule has 2 aliphatic rings. The Bertz CT molecular complexity index is 597. The topological polar surface area (TPSA) is 49.4 Å². The maximum atomic E-state index is 12.4. The number of hydrogen-bond donors (Lipinski definition) is 1. The van der Waals surface area contributed by atoms with Crippen molar-refractivity contribution in [1.82, 2.24) is 5.32 Å². The lowest BCUT2D eigenvalue weighted by atomic mass is 9.87. The first kappa shape index (κ1) is 15.1. The summed E-state index contributed by atoms with van der Waals surface area (Å²) in [4.78, 5) is 25.8. The van der Waals surface area contributed by atoms with Crippen molar-refractivity contribution in [1.29, 1.82) is 0 Å². The molecule has 4 nitrogen and oxygen atoms in total. The van der Waals surface area contributed by atoms with E-state index in [0.717, 1.165) is 37.1 Å². The molecule has 0 saturated heterocycles. The van der Waals surface area contributed by atoms with Crippen LogP contribution in [0.2, 0.25) is 0 Å². The lowest BCUT2D eigenvalue weighted by molar-refractivity contribution is -0.116. The van der Waals surface area contributed by atoms with Crippen LogP contribution in [0.25, 0.3) is 0 Å². The van der Waals surface area contributed by atoms with Crippen LogP contribution in [0.15, 0.2) is 18.2 Å². The van der Waals surface area contributed by atoms with Gasteiger partial charge in [0.15, 0.2) is 0 Å². The van der Waals surface area contributed by atoms with Gasteiger partial charge in [0.1, 0.15) is 0 Å². The fourth-order valence-electron chi connectivity index (χ4n) is 3.70. The molecule has 2 atom stereocenters. The Morgan fingerprint density at radius 1 is 1.27 bits per heavy atom. The summed E-state index contributed by atoms with van der Waals surface area (Å²) in [6.07, 6.45) is 5.46. The van der Waals surface area contributed by atoms with Crippen molar-refractivity contribution in [3.05, 3.63) is 29.3 Å². The molecule has 2 amide bonds. The summed E-state index contributed by atoms with van der Waals surface area (Å²) in [6, 6.07) is 5.99. The second-order valence-electron chi connectivity index (χ2n) is 6.71. The number of benzene rings is 1. The second kappa shape index (κ2) is 6.11. The van der Waals surface area contributed by atoms with E-state index in [0.29, 0.717) is 17.5 Å². The summed E-state index contributed by atoms with van der Waals surface area (Å²) in [6.45, 7) is 4.56. The minimum atomic E-state index is 0.0168. The molecule has 2 unspecified atom stereocenters. The van der Waals surface area contributed by atoms with Gasteiger partial charge in [-0.2, -0.15) is 0 Å². The molecule has 1 aromatic carbocycles. The summed E-state index contributed by atoms with van der Waals surface area (Å²) < 4.78 is 0. The van der Waals surface area contributed by atoms with Crippen molar-refractivity contribution in [2.75, 3.05) is 11.4 Å². The third kappa shape index (κ3) is 3.01. The van der Waals surface area contributed by atoms with Gasteiger partial charge in [0.25, 0.3) is 5.91 Å². The summed E-state index contributed by atoms with van der Waals surface area (Å²) in [5, 5.41) is 3.17. The van der Waals surface area contributed by atoms with Crippen LogP contribution >= 0.6 is 0 Å². The Labute approximate surface area is 131 Å². The number of fused-ring (bicyclic) bond motifs is 1. The fraction of sp³-hybridized carbons (Fsp3) is 0.556. The predicted octanol–water partition coefficient (Wildman–Crippen LogP) is 2.90. The number of hydrogen-bond acceptors (Lipinski definition) is 2. The standard InChI is InChI=1S/C18H24N2O2/c1-12-4-3-5-16(10-12)19-18(22)15-6-7-17-14(11-15)8-9-20(17)13(2)21/h6-7,11-12,16H,3-5,8-10H2,1-2H3,(H,19,22). The van der Waals surface area contributed by atoms with Gasteiger partial charge in [-0.3, -0.25) is 9.59 Å². The average Bonchev–Trinajstić information content (AvgIpc) is 2.90. The van der Waals surface area contributed by atoms with Crippen molar-refractivity contribution >= 4 is 17.5 Å². The highest BCUT2D eigenvalue weighted by atomic mass is 16.2. The summed E-state index contributed by atoms with van der Waals surface area (Å²) in [7, 11) is 0. The highest BCUT2D eigenvalue weighted by molar-refractivity contribution is 5.98. The van der Waals surface area contributed by atoms with Gasteiger partial charge in [-0.15, -0.1) is 0 Å². The van der Waals surface area contributed by atoms with Gasteiger partial charge in [0.2, 0.25) is 5.91 Å². The molecule has 1 saturated carbocycles. The zero-order valence-corrected chi connectivity index (χ0v) is 13.4. The minimum Gasteiger partial charge on any atom is -0.349 e. The van der Waals surface area contributed by atoms with E-state index in [1.165, 1.54) is 12.8 Å².